The second-order valence-corrected chi connectivity index (χ2v) is 6.52. The first-order valence-electron chi connectivity index (χ1n) is 8.07. The molecule has 0 spiro atoms. The van der Waals surface area contributed by atoms with E-state index in [9.17, 15) is 9.90 Å². The molecule has 1 aliphatic rings. The maximum Gasteiger partial charge on any atom is 0.343 e. The zero-order valence-corrected chi connectivity index (χ0v) is 15.8. The van der Waals surface area contributed by atoms with Crippen LogP contribution in [0.5, 0.6) is 0 Å². The highest BCUT2D eigenvalue weighted by Crippen LogP contribution is 2.29. The van der Waals surface area contributed by atoms with Gasteiger partial charge in [-0.15, -0.1) is 0 Å². The van der Waals surface area contributed by atoms with Crippen LogP contribution in [0.3, 0.4) is 0 Å². The monoisotopic (exact) mass is 370 g/mol. The van der Waals surface area contributed by atoms with Crippen LogP contribution >= 0.6 is 11.6 Å². The molecule has 1 N–H and O–H groups in total. The van der Waals surface area contributed by atoms with Crippen LogP contribution < -0.4 is 0 Å². The van der Waals surface area contributed by atoms with Crippen molar-refractivity contribution in [3.05, 3.63) is 69.3 Å². The van der Waals surface area contributed by atoms with Gasteiger partial charge in [0.05, 0.1) is 12.8 Å². The van der Waals surface area contributed by atoms with Gasteiger partial charge in [-0.2, -0.15) is 0 Å². The fourth-order valence-electron chi connectivity index (χ4n) is 3.10. The highest BCUT2D eigenvalue weighted by molar-refractivity contribution is 6.30. The normalized spacial score (nSPS) is 15.6. The number of ether oxygens (including phenoxy) is 1. The summed E-state index contributed by atoms with van der Waals surface area (Å²) in [7, 11) is 1.28. The van der Waals surface area contributed by atoms with Crippen molar-refractivity contribution in [2.75, 3.05) is 7.11 Å². The highest BCUT2D eigenvalue weighted by Gasteiger charge is 2.27. The van der Waals surface area contributed by atoms with E-state index < -0.39 is 5.97 Å². The molecule has 0 radical (unpaired) electrons. The quantitative estimate of drug-likeness (QED) is 0.806. The number of aliphatic hydroxyl groups excluding tert-OH is 1. The second-order valence-electron chi connectivity index (χ2n) is 6.08. The van der Waals surface area contributed by atoms with Crippen LogP contribution in [0.2, 0.25) is 5.02 Å². The molecule has 2 aromatic rings. The van der Waals surface area contributed by atoms with Crippen LogP contribution in [0, 0.1) is 13.8 Å². The van der Waals surface area contributed by atoms with Gasteiger partial charge in [0.2, 0.25) is 0 Å². The maximum atomic E-state index is 11.8. The molecule has 0 atom stereocenters. The summed E-state index contributed by atoms with van der Waals surface area (Å²) >= 11 is 5.97. The van der Waals surface area contributed by atoms with Gasteiger partial charge in [-0.25, -0.2) is 9.79 Å². The summed E-state index contributed by atoms with van der Waals surface area (Å²) in [4.78, 5) is 16.1. The summed E-state index contributed by atoms with van der Waals surface area (Å²) in [5.41, 5.74) is 4.81. The summed E-state index contributed by atoms with van der Waals surface area (Å²) < 4.78 is 6.80. The van der Waals surface area contributed by atoms with Crippen molar-refractivity contribution in [3.63, 3.8) is 0 Å². The first kappa shape index (κ1) is 18.0. The third-order valence-corrected chi connectivity index (χ3v) is 4.62. The average molecular weight is 371 g/mol. The van der Waals surface area contributed by atoms with Crippen molar-refractivity contribution in [2.45, 2.75) is 20.8 Å². The van der Waals surface area contributed by atoms with Gasteiger partial charge in [0.1, 0.15) is 11.3 Å². The van der Waals surface area contributed by atoms with Crippen LogP contribution in [0.1, 0.15) is 23.9 Å². The zero-order valence-electron chi connectivity index (χ0n) is 15.0. The van der Waals surface area contributed by atoms with Crippen LogP contribution in [0.4, 0.5) is 0 Å². The van der Waals surface area contributed by atoms with Gasteiger partial charge in [-0.3, -0.25) is 0 Å². The number of methoxy groups -OCH3 is 1. The molecule has 0 saturated heterocycles. The Balaban J connectivity index is 2.06. The standard InChI is InChI=1S/C20H19ClN2O3/c1-11-9-14(13(3)23(11)16-7-5-15(21)6-8-16)10-17-19(24)18(12(2)22-17)20(25)26-4/h5-10,24H,1-4H3/b17-10+. The van der Waals surface area contributed by atoms with Gasteiger partial charge in [0, 0.05) is 22.1 Å². The smallest absolute Gasteiger partial charge is 0.343 e. The lowest BCUT2D eigenvalue weighted by molar-refractivity contribution is -0.135. The Hall–Kier alpha value is -2.79. The van der Waals surface area contributed by atoms with E-state index in [0.29, 0.717) is 16.4 Å². The van der Waals surface area contributed by atoms with Gasteiger partial charge in [0.25, 0.3) is 0 Å². The van der Waals surface area contributed by atoms with Crippen molar-refractivity contribution < 1.29 is 14.6 Å². The number of rotatable bonds is 3. The van der Waals surface area contributed by atoms with Crippen molar-refractivity contribution in [2.24, 2.45) is 4.99 Å². The third-order valence-electron chi connectivity index (χ3n) is 4.37. The Morgan fingerprint density at radius 3 is 2.50 bits per heavy atom. The number of carbonyl (C=O) groups excluding carboxylic acids is 1. The number of aryl methyl sites for hydroxylation is 1. The van der Waals surface area contributed by atoms with Gasteiger partial charge < -0.3 is 14.4 Å². The lowest BCUT2D eigenvalue weighted by Crippen LogP contribution is -2.11. The number of halogens is 1. The molecular weight excluding hydrogens is 352 g/mol. The number of aliphatic hydroxyl groups is 1. The molecule has 3 rings (SSSR count). The third kappa shape index (κ3) is 3.06. The lowest BCUT2D eigenvalue weighted by atomic mass is 10.1. The minimum atomic E-state index is -0.598. The molecule has 0 amide bonds. The maximum absolute atomic E-state index is 11.8. The number of nitrogens with zero attached hydrogens (tertiary/aromatic N) is 2. The minimum absolute atomic E-state index is 0.102. The predicted octanol–water partition coefficient (Wildman–Crippen LogP) is 4.55. The van der Waals surface area contributed by atoms with E-state index in [2.05, 4.69) is 9.56 Å². The van der Waals surface area contributed by atoms with Gasteiger partial charge in [-0.05, 0) is 62.7 Å². The molecule has 0 aliphatic carbocycles. The Morgan fingerprint density at radius 1 is 1.23 bits per heavy atom. The van der Waals surface area contributed by atoms with Crippen LogP contribution in [-0.4, -0.2) is 28.5 Å². The fraction of sp³-hybridized carbons (Fsp3) is 0.200. The Kier molecular flexibility index (Phi) is 4.74. The largest absolute Gasteiger partial charge is 0.505 e. The fourth-order valence-corrected chi connectivity index (χ4v) is 3.23. The Bertz CT molecular complexity index is 979. The number of esters is 1. The summed E-state index contributed by atoms with van der Waals surface area (Å²) in [6, 6.07) is 9.59. The van der Waals surface area contributed by atoms with Gasteiger partial charge in [-0.1, -0.05) is 11.6 Å². The molecule has 6 heteroatoms. The second kappa shape index (κ2) is 6.84. The molecule has 0 saturated carbocycles. The number of hydrogen-bond donors (Lipinski definition) is 1. The number of hydrogen-bond acceptors (Lipinski definition) is 4. The molecule has 0 unspecified atom stereocenters. The first-order valence-corrected chi connectivity index (χ1v) is 8.45. The van der Waals surface area contributed by atoms with Crippen LogP contribution in [0.15, 0.2) is 52.4 Å². The van der Waals surface area contributed by atoms with E-state index >= 15 is 0 Å². The predicted molar refractivity (Wildman–Crippen MR) is 103 cm³/mol. The van der Waals surface area contributed by atoms with Crippen molar-refractivity contribution in [1.82, 2.24) is 4.57 Å². The topological polar surface area (TPSA) is 63.8 Å². The van der Waals surface area contributed by atoms with Crippen molar-refractivity contribution >= 4 is 29.4 Å². The summed E-state index contributed by atoms with van der Waals surface area (Å²) in [6.45, 7) is 5.66. The molecular formula is C20H19ClN2O3. The highest BCUT2D eigenvalue weighted by atomic mass is 35.5. The number of aromatic nitrogens is 1. The Morgan fingerprint density at radius 2 is 1.88 bits per heavy atom. The van der Waals surface area contributed by atoms with E-state index in [1.54, 1.807) is 13.0 Å². The number of carbonyl (C=O) groups is 1. The number of aliphatic imine (C=N–C) groups is 1. The van der Waals surface area contributed by atoms with E-state index in [0.717, 1.165) is 22.6 Å². The molecule has 5 nitrogen and oxygen atoms in total. The zero-order chi connectivity index (χ0) is 19.0. The van der Waals surface area contributed by atoms with E-state index in [1.807, 2.05) is 44.2 Å². The molecule has 0 fully saturated rings. The average Bonchev–Trinajstić information content (AvgIpc) is 3.04. The van der Waals surface area contributed by atoms with E-state index in [-0.39, 0.29) is 11.3 Å². The van der Waals surface area contributed by atoms with Gasteiger partial charge in [0.15, 0.2) is 5.76 Å². The molecule has 1 aliphatic heterocycles. The molecule has 1 aromatic carbocycles. The summed E-state index contributed by atoms with van der Waals surface area (Å²) in [5.74, 6) is -0.760. The SMILES string of the molecule is COC(=O)C1=C(O)/C(=C\c2cc(C)n(-c3ccc(Cl)cc3)c2C)N=C1C. The molecule has 0 bridgehead atoms. The van der Waals surface area contributed by atoms with E-state index in [1.165, 1.54) is 7.11 Å². The minimum Gasteiger partial charge on any atom is -0.505 e. The molecule has 134 valence electrons. The number of benzene rings is 1. The van der Waals surface area contributed by atoms with Crippen LogP contribution in [0.25, 0.3) is 11.8 Å². The Labute approximate surface area is 156 Å². The van der Waals surface area contributed by atoms with Crippen LogP contribution in [-0.2, 0) is 9.53 Å². The molecule has 2 heterocycles. The van der Waals surface area contributed by atoms with E-state index in [4.69, 9.17) is 16.3 Å². The van der Waals surface area contributed by atoms with Crippen molar-refractivity contribution in [1.29, 1.82) is 0 Å². The summed E-state index contributed by atoms with van der Waals surface area (Å²) in [6.07, 6.45) is 1.77. The lowest BCUT2D eigenvalue weighted by Gasteiger charge is -2.09. The molecule has 26 heavy (non-hydrogen) atoms. The first-order chi connectivity index (χ1) is 12.3. The molecule has 1 aromatic heterocycles. The van der Waals surface area contributed by atoms with Gasteiger partial charge >= 0.3 is 5.97 Å². The van der Waals surface area contributed by atoms with Crippen molar-refractivity contribution in [3.8, 4) is 5.69 Å². The summed E-state index contributed by atoms with van der Waals surface area (Å²) in [5, 5.41) is 11.1.